The van der Waals surface area contributed by atoms with Gasteiger partial charge in [0.2, 0.25) is 15.9 Å². The van der Waals surface area contributed by atoms with E-state index in [4.69, 9.17) is 4.42 Å². The van der Waals surface area contributed by atoms with Crippen LogP contribution in [-0.2, 0) is 14.8 Å². The van der Waals surface area contributed by atoms with Gasteiger partial charge < -0.3 is 15.1 Å². The number of furan rings is 1. The predicted molar refractivity (Wildman–Crippen MR) is 92.5 cm³/mol. The maximum atomic E-state index is 12.2. The summed E-state index contributed by atoms with van der Waals surface area (Å²) in [6.07, 6.45) is 4.42. The van der Waals surface area contributed by atoms with Crippen LogP contribution in [0.1, 0.15) is 43.5 Å². The Morgan fingerprint density at radius 3 is 2.60 bits per heavy atom. The Bertz CT molecular complexity index is 679. The Hall–Kier alpha value is -1.87. The molecule has 8 nitrogen and oxygen atoms in total. The molecule has 2 amide bonds. The molecule has 2 heterocycles. The minimum atomic E-state index is -3.19. The molecule has 9 heteroatoms. The highest BCUT2D eigenvalue weighted by Gasteiger charge is 2.29. The van der Waals surface area contributed by atoms with Crippen molar-refractivity contribution in [1.29, 1.82) is 0 Å². The first-order chi connectivity index (χ1) is 11.8. The van der Waals surface area contributed by atoms with Crippen molar-refractivity contribution in [3.8, 4) is 0 Å². The van der Waals surface area contributed by atoms with Gasteiger partial charge in [-0.1, -0.05) is 6.92 Å². The molecular weight excluding hydrogens is 346 g/mol. The molecule has 25 heavy (non-hydrogen) atoms. The number of hydrogen-bond donors (Lipinski definition) is 2. The predicted octanol–water partition coefficient (Wildman–Crippen LogP) is 0.718. The zero-order valence-corrected chi connectivity index (χ0v) is 15.3. The van der Waals surface area contributed by atoms with Crippen LogP contribution in [0, 0.1) is 0 Å². The van der Waals surface area contributed by atoms with Crippen LogP contribution in [0.25, 0.3) is 0 Å². The maximum absolute atomic E-state index is 12.2. The van der Waals surface area contributed by atoms with Crippen molar-refractivity contribution in [2.75, 3.05) is 18.8 Å². The number of carbonyl (C=O) groups excluding carboxylic acids is 2. The molecule has 1 aliphatic rings. The maximum Gasteiger partial charge on any atom is 0.255 e. The quantitative estimate of drug-likeness (QED) is 0.734. The van der Waals surface area contributed by atoms with E-state index in [-0.39, 0.29) is 23.6 Å². The molecule has 1 fully saturated rings. The molecule has 0 aromatic carbocycles. The fraction of sp³-hybridized carbons (Fsp3) is 0.625. The Labute approximate surface area is 148 Å². The van der Waals surface area contributed by atoms with Crippen molar-refractivity contribution in [3.63, 3.8) is 0 Å². The fourth-order valence-electron chi connectivity index (χ4n) is 2.73. The molecular formula is C16H25N3O5S. The number of carbonyl (C=O) groups is 2. The van der Waals surface area contributed by atoms with E-state index in [1.165, 1.54) is 22.9 Å². The first-order valence-corrected chi connectivity index (χ1v) is 10.1. The molecule has 1 saturated heterocycles. The van der Waals surface area contributed by atoms with Crippen molar-refractivity contribution in [1.82, 2.24) is 14.9 Å². The average molecular weight is 371 g/mol. The largest absolute Gasteiger partial charge is 0.472 e. The summed E-state index contributed by atoms with van der Waals surface area (Å²) in [6, 6.07) is 0.741. The number of nitrogens with zero attached hydrogens (tertiary/aromatic N) is 1. The molecule has 0 spiro atoms. The third-order valence-corrected chi connectivity index (χ3v) is 6.26. The van der Waals surface area contributed by atoms with Crippen molar-refractivity contribution >= 4 is 21.8 Å². The Morgan fingerprint density at radius 2 is 2.04 bits per heavy atom. The molecule has 1 unspecified atom stereocenters. The summed E-state index contributed by atoms with van der Waals surface area (Å²) in [5.41, 5.74) is 0.356. The van der Waals surface area contributed by atoms with Gasteiger partial charge in [-0.2, -0.15) is 0 Å². The van der Waals surface area contributed by atoms with Crippen molar-refractivity contribution in [2.24, 2.45) is 0 Å². The van der Waals surface area contributed by atoms with Gasteiger partial charge in [0.1, 0.15) is 12.3 Å². The second-order valence-corrected chi connectivity index (χ2v) is 8.29. The highest BCUT2D eigenvalue weighted by Crippen LogP contribution is 2.15. The number of amides is 2. The van der Waals surface area contributed by atoms with Gasteiger partial charge in [0.25, 0.3) is 5.91 Å². The van der Waals surface area contributed by atoms with Crippen LogP contribution in [0.2, 0.25) is 0 Å². The van der Waals surface area contributed by atoms with Crippen LogP contribution in [0.3, 0.4) is 0 Å². The van der Waals surface area contributed by atoms with Crippen LogP contribution in [0.4, 0.5) is 0 Å². The van der Waals surface area contributed by atoms with E-state index < -0.39 is 16.1 Å². The van der Waals surface area contributed by atoms with E-state index in [9.17, 15) is 18.0 Å². The van der Waals surface area contributed by atoms with E-state index in [2.05, 4.69) is 10.6 Å². The molecule has 2 rings (SSSR count). The van der Waals surface area contributed by atoms with Crippen LogP contribution >= 0.6 is 0 Å². The van der Waals surface area contributed by atoms with E-state index in [1.54, 1.807) is 6.92 Å². The van der Waals surface area contributed by atoms with E-state index in [0.717, 1.165) is 0 Å². The Kier molecular flexibility index (Phi) is 6.60. The first kappa shape index (κ1) is 19.5. The minimum Gasteiger partial charge on any atom is -0.472 e. The van der Waals surface area contributed by atoms with Gasteiger partial charge in [-0.3, -0.25) is 9.59 Å². The standard InChI is InChI=1S/C16H25N3O5S/c1-3-10-25(22,23)19-7-4-14(5-8-19)18-15(20)12(2)17-16(21)13-6-9-24-11-13/h6,9,11-12,14H,3-5,7-8,10H2,1-2H3,(H,17,21)(H,18,20). The average Bonchev–Trinajstić information content (AvgIpc) is 3.09. The summed E-state index contributed by atoms with van der Waals surface area (Å²) in [5.74, 6) is -0.509. The lowest BCUT2D eigenvalue weighted by molar-refractivity contribution is -0.123. The highest BCUT2D eigenvalue weighted by atomic mass is 32.2. The Balaban J connectivity index is 1.79. The number of nitrogens with one attached hydrogen (secondary N) is 2. The molecule has 0 saturated carbocycles. The SMILES string of the molecule is CCCS(=O)(=O)N1CCC(NC(=O)C(C)NC(=O)c2ccoc2)CC1. The lowest BCUT2D eigenvalue weighted by atomic mass is 10.1. The molecule has 1 aromatic heterocycles. The molecule has 0 radical (unpaired) electrons. The zero-order valence-electron chi connectivity index (χ0n) is 14.5. The van der Waals surface area contributed by atoms with Gasteiger partial charge in [-0.05, 0) is 32.3 Å². The van der Waals surface area contributed by atoms with Crippen LogP contribution < -0.4 is 10.6 Å². The van der Waals surface area contributed by atoms with Crippen LogP contribution in [0.5, 0.6) is 0 Å². The normalized spacial score (nSPS) is 17.8. The fourth-order valence-corrected chi connectivity index (χ4v) is 4.27. The van der Waals surface area contributed by atoms with Gasteiger partial charge in [0, 0.05) is 19.1 Å². The summed E-state index contributed by atoms with van der Waals surface area (Å²) in [5, 5.41) is 5.48. The Morgan fingerprint density at radius 1 is 1.36 bits per heavy atom. The van der Waals surface area contributed by atoms with Gasteiger partial charge in [-0.25, -0.2) is 12.7 Å². The van der Waals surface area contributed by atoms with Crippen LogP contribution in [-0.4, -0.2) is 55.5 Å². The molecule has 1 aliphatic heterocycles. The number of rotatable bonds is 7. The van der Waals surface area contributed by atoms with Crippen molar-refractivity contribution < 1.29 is 22.4 Å². The topological polar surface area (TPSA) is 109 Å². The lowest BCUT2D eigenvalue weighted by Crippen LogP contribution is -2.51. The third kappa shape index (κ3) is 5.30. The van der Waals surface area contributed by atoms with Gasteiger partial charge in [0.15, 0.2) is 0 Å². The highest BCUT2D eigenvalue weighted by molar-refractivity contribution is 7.89. The second kappa shape index (κ2) is 8.48. The number of hydrogen-bond acceptors (Lipinski definition) is 5. The molecule has 140 valence electrons. The molecule has 1 aromatic rings. The number of sulfonamides is 1. The summed E-state index contributed by atoms with van der Waals surface area (Å²) < 4.78 is 30.4. The smallest absolute Gasteiger partial charge is 0.255 e. The molecule has 0 bridgehead atoms. The summed E-state index contributed by atoms with van der Waals surface area (Å²) in [7, 11) is -3.19. The molecule has 1 atom stereocenters. The van der Waals surface area contributed by atoms with Gasteiger partial charge in [-0.15, -0.1) is 0 Å². The number of piperidine rings is 1. The van der Waals surface area contributed by atoms with Crippen molar-refractivity contribution in [3.05, 3.63) is 24.2 Å². The van der Waals surface area contributed by atoms with E-state index in [0.29, 0.717) is 37.9 Å². The van der Waals surface area contributed by atoms with E-state index >= 15 is 0 Å². The van der Waals surface area contributed by atoms with Gasteiger partial charge >= 0.3 is 0 Å². The van der Waals surface area contributed by atoms with Crippen LogP contribution in [0.15, 0.2) is 23.0 Å². The summed E-state index contributed by atoms with van der Waals surface area (Å²) in [6.45, 7) is 4.25. The minimum absolute atomic E-state index is 0.0890. The second-order valence-electron chi connectivity index (χ2n) is 6.21. The summed E-state index contributed by atoms with van der Waals surface area (Å²) in [4.78, 5) is 24.1. The summed E-state index contributed by atoms with van der Waals surface area (Å²) >= 11 is 0. The van der Waals surface area contributed by atoms with Gasteiger partial charge in [0.05, 0.1) is 17.6 Å². The first-order valence-electron chi connectivity index (χ1n) is 8.44. The monoisotopic (exact) mass is 371 g/mol. The zero-order chi connectivity index (χ0) is 18.4. The third-order valence-electron chi connectivity index (χ3n) is 4.18. The van der Waals surface area contributed by atoms with Crippen molar-refractivity contribution in [2.45, 2.75) is 45.2 Å². The molecule has 0 aliphatic carbocycles. The molecule has 2 N–H and O–H groups in total. The lowest BCUT2D eigenvalue weighted by Gasteiger charge is -2.32. The van der Waals surface area contributed by atoms with E-state index in [1.807, 2.05) is 6.92 Å².